The van der Waals surface area contributed by atoms with Crippen molar-refractivity contribution in [3.63, 3.8) is 0 Å². The summed E-state index contributed by atoms with van der Waals surface area (Å²) in [5.41, 5.74) is 0. The highest BCUT2D eigenvalue weighted by atomic mass is 16.5. The minimum Gasteiger partial charge on any atom is -0.469 e. The van der Waals surface area contributed by atoms with Crippen LogP contribution in [0.25, 0.3) is 0 Å². The zero-order valence-corrected chi connectivity index (χ0v) is 11.1. The fourth-order valence-corrected chi connectivity index (χ4v) is 2.76. The van der Waals surface area contributed by atoms with E-state index in [9.17, 15) is 4.79 Å². The summed E-state index contributed by atoms with van der Waals surface area (Å²) in [7, 11) is 1.46. The lowest BCUT2D eigenvalue weighted by molar-refractivity contribution is -0.147. The van der Waals surface area contributed by atoms with Crippen LogP contribution < -0.4 is 5.32 Å². The number of ether oxygens (including phenoxy) is 1. The third-order valence-electron chi connectivity index (χ3n) is 3.82. The van der Waals surface area contributed by atoms with E-state index in [-0.39, 0.29) is 24.5 Å². The second-order valence-electron chi connectivity index (χ2n) is 5.49. The highest BCUT2D eigenvalue weighted by molar-refractivity contribution is 5.72. The van der Waals surface area contributed by atoms with Crippen molar-refractivity contribution >= 4 is 5.97 Å². The molecule has 2 unspecified atom stereocenters. The summed E-state index contributed by atoms with van der Waals surface area (Å²) in [5.74, 6) is 0.699. The van der Waals surface area contributed by atoms with Crippen LogP contribution in [0.4, 0.5) is 0 Å². The molecule has 5 nitrogen and oxygen atoms in total. The Morgan fingerprint density at radius 1 is 1.44 bits per heavy atom. The number of carbonyl (C=O) groups is 1. The largest absolute Gasteiger partial charge is 0.469 e. The van der Waals surface area contributed by atoms with E-state index >= 15 is 0 Å². The van der Waals surface area contributed by atoms with Gasteiger partial charge in [-0.2, -0.15) is 0 Å². The quantitative estimate of drug-likeness (QED) is 0.647. The first-order chi connectivity index (χ1) is 8.72. The van der Waals surface area contributed by atoms with Gasteiger partial charge in [0, 0.05) is 32.2 Å². The Balaban J connectivity index is 1.88. The normalized spacial score (nSPS) is 29.2. The van der Waals surface area contributed by atoms with Crippen molar-refractivity contribution in [2.24, 2.45) is 11.8 Å². The van der Waals surface area contributed by atoms with Gasteiger partial charge in [-0.05, 0) is 25.2 Å². The zero-order valence-electron chi connectivity index (χ0n) is 11.1. The molecule has 0 spiro atoms. The second kappa shape index (κ2) is 6.50. The van der Waals surface area contributed by atoms with E-state index in [0.29, 0.717) is 6.54 Å². The predicted octanol–water partition coefficient (Wildman–Crippen LogP) is -0.158. The van der Waals surface area contributed by atoms with Gasteiger partial charge in [-0.15, -0.1) is 0 Å². The first kappa shape index (κ1) is 13.8. The Morgan fingerprint density at radius 3 is 2.83 bits per heavy atom. The van der Waals surface area contributed by atoms with Gasteiger partial charge in [-0.25, -0.2) is 0 Å². The van der Waals surface area contributed by atoms with Crippen LogP contribution in [0.5, 0.6) is 0 Å². The van der Waals surface area contributed by atoms with Crippen LogP contribution >= 0.6 is 0 Å². The Kier molecular flexibility index (Phi) is 4.97. The minimum atomic E-state index is -0.105. The summed E-state index contributed by atoms with van der Waals surface area (Å²) < 4.78 is 4.87. The monoisotopic (exact) mass is 256 g/mol. The summed E-state index contributed by atoms with van der Waals surface area (Å²) in [6.45, 7) is 3.63. The summed E-state index contributed by atoms with van der Waals surface area (Å²) in [6.07, 6.45) is 3.47. The molecule has 2 fully saturated rings. The number of methoxy groups -OCH3 is 1. The Morgan fingerprint density at radius 2 is 2.22 bits per heavy atom. The summed E-state index contributed by atoms with van der Waals surface area (Å²) in [4.78, 5) is 14.1. The molecule has 1 aliphatic heterocycles. The van der Waals surface area contributed by atoms with Crippen LogP contribution in [-0.2, 0) is 9.53 Å². The van der Waals surface area contributed by atoms with Crippen molar-refractivity contribution in [3.8, 4) is 0 Å². The number of hydrogen-bond donors (Lipinski definition) is 2. The molecule has 0 amide bonds. The lowest BCUT2D eigenvalue weighted by Crippen LogP contribution is -2.52. The van der Waals surface area contributed by atoms with Gasteiger partial charge >= 0.3 is 5.97 Å². The van der Waals surface area contributed by atoms with Crippen molar-refractivity contribution in [2.75, 3.05) is 39.9 Å². The van der Waals surface area contributed by atoms with E-state index in [4.69, 9.17) is 9.84 Å². The molecule has 1 saturated heterocycles. The van der Waals surface area contributed by atoms with Crippen molar-refractivity contribution in [3.05, 3.63) is 0 Å². The van der Waals surface area contributed by atoms with Crippen molar-refractivity contribution in [1.82, 2.24) is 10.2 Å². The molecule has 0 radical (unpaired) electrons. The third kappa shape index (κ3) is 3.93. The number of nitrogens with one attached hydrogen (secondary N) is 1. The van der Waals surface area contributed by atoms with Crippen LogP contribution in [-0.4, -0.2) is 61.9 Å². The standard InChI is InChI=1S/C13H24N2O3/c1-18-13(17)11-6-12(14-4-5-16)9-15(8-11)7-10-2-3-10/h10-12,14,16H,2-9H2,1H3. The molecule has 2 aliphatic rings. The molecule has 2 N–H and O–H groups in total. The van der Waals surface area contributed by atoms with Gasteiger partial charge in [0.25, 0.3) is 0 Å². The number of likely N-dealkylation sites (tertiary alicyclic amines) is 1. The van der Waals surface area contributed by atoms with Crippen molar-refractivity contribution in [2.45, 2.75) is 25.3 Å². The van der Waals surface area contributed by atoms with Crippen LogP contribution in [0.3, 0.4) is 0 Å². The molecule has 5 heteroatoms. The Bertz CT molecular complexity index is 281. The maximum Gasteiger partial charge on any atom is 0.310 e. The van der Waals surface area contributed by atoms with E-state index in [2.05, 4.69) is 10.2 Å². The molecule has 1 heterocycles. The lowest BCUT2D eigenvalue weighted by Gasteiger charge is -2.37. The number of aliphatic hydroxyl groups excluding tert-OH is 1. The minimum absolute atomic E-state index is 0.0290. The van der Waals surface area contributed by atoms with E-state index in [0.717, 1.165) is 32.0 Å². The van der Waals surface area contributed by atoms with Crippen molar-refractivity contribution in [1.29, 1.82) is 0 Å². The average molecular weight is 256 g/mol. The summed E-state index contributed by atoms with van der Waals surface area (Å²) >= 11 is 0. The van der Waals surface area contributed by atoms with Gasteiger partial charge in [0.1, 0.15) is 0 Å². The summed E-state index contributed by atoms with van der Waals surface area (Å²) in [5, 5.41) is 12.2. The van der Waals surface area contributed by atoms with Crippen LogP contribution in [0.1, 0.15) is 19.3 Å². The number of carbonyl (C=O) groups excluding carboxylic acids is 1. The number of rotatable bonds is 6. The highest BCUT2D eigenvalue weighted by Gasteiger charge is 2.34. The fraction of sp³-hybridized carbons (Fsp3) is 0.923. The molecular weight excluding hydrogens is 232 g/mol. The fourth-order valence-electron chi connectivity index (χ4n) is 2.76. The van der Waals surface area contributed by atoms with E-state index in [1.54, 1.807) is 0 Å². The molecular formula is C13H24N2O3. The number of hydrogen-bond acceptors (Lipinski definition) is 5. The van der Waals surface area contributed by atoms with Crippen molar-refractivity contribution < 1.29 is 14.6 Å². The third-order valence-corrected chi connectivity index (χ3v) is 3.82. The molecule has 0 aromatic carbocycles. The first-order valence-corrected chi connectivity index (χ1v) is 6.87. The molecule has 1 aliphatic carbocycles. The molecule has 0 bridgehead atoms. The molecule has 0 aromatic rings. The van der Waals surface area contributed by atoms with E-state index in [1.807, 2.05) is 0 Å². The van der Waals surface area contributed by atoms with Crippen LogP contribution in [0, 0.1) is 11.8 Å². The number of esters is 1. The Labute approximate surface area is 108 Å². The molecule has 2 rings (SSSR count). The number of aliphatic hydroxyl groups is 1. The SMILES string of the molecule is COC(=O)C1CC(NCCO)CN(CC2CC2)C1. The first-order valence-electron chi connectivity index (χ1n) is 6.87. The average Bonchev–Trinajstić information content (AvgIpc) is 3.19. The number of piperidine rings is 1. The van der Waals surface area contributed by atoms with Crippen LogP contribution in [0.2, 0.25) is 0 Å². The molecule has 2 atom stereocenters. The van der Waals surface area contributed by atoms with Gasteiger partial charge in [0.15, 0.2) is 0 Å². The van der Waals surface area contributed by atoms with E-state index < -0.39 is 0 Å². The lowest BCUT2D eigenvalue weighted by atomic mass is 9.94. The predicted molar refractivity (Wildman–Crippen MR) is 68.2 cm³/mol. The van der Waals surface area contributed by atoms with Gasteiger partial charge in [-0.1, -0.05) is 0 Å². The van der Waals surface area contributed by atoms with Gasteiger partial charge in [0.2, 0.25) is 0 Å². The van der Waals surface area contributed by atoms with Gasteiger partial charge in [-0.3, -0.25) is 4.79 Å². The molecule has 1 saturated carbocycles. The zero-order chi connectivity index (χ0) is 13.0. The molecule has 0 aromatic heterocycles. The Hall–Kier alpha value is -0.650. The molecule has 104 valence electrons. The van der Waals surface area contributed by atoms with Gasteiger partial charge < -0.3 is 20.1 Å². The van der Waals surface area contributed by atoms with E-state index in [1.165, 1.54) is 20.0 Å². The second-order valence-corrected chi connectivity index (χ2v) is 5.49. The maximum atomic E-state index is 11.7. The molecule has 18 heavy (non-hydrogen) atoms. The summed E-state index contributed by atoms with van der Waals surface area (Å²) in [6, 6.07) is 0.286. The number of nitrogens with zero attached hydrogens (tertiary/aromatic N) is 1. The topological polar surface area (TPSA) is 61.8 Å². The maximum absolute atomic E-state index is 11.7. The van der Waals surface area contributed by atoms with Crippen LogP contribution in [0.15, 0.2) is 0 Å². The smallest absolute Gasteiger partial charge is 0.310 e. The van der Waals surface area contributed by atoms with Gasteiger partial charge in [0.05, 0.1) is 19.6 Å². The highest BCUT2D eigenvalue weighted by Crippen LogP contribution is 2.31.